The van der Waals surface area contributed by atoms with E-state index in [1.54, 1.807) is 0 Å². The Balaban J connectivity index is 1.37. The fourth-order valence-corrected chi connectivity index (χ4v) is 4.81. The number of carbonyl (C=O) groups is 1. The van der Waals surface area contributed by atoms with E-state index in [0.717, 1.165) is 31.1 Å². The predicted octanol–water partition coefficient (Wildman–Crippen LogP) is 2.30. The van der Waals surface area contributed by atoms with Crippen molar-refractivity contribution in [3.05, 3.63) is 17.0 Å². The lowest BCUT2D eigenvalue weighted by Gasteiger charge is -2.36. The van der Waals surface area contributed by atoms with Crippen LogP contribution in [0, 0.1) is 25.7 Å². The topological polar surface area (TPSA) is 41.4 Å². The van der Waals surface area contributed by atoms with Gasteiger partial charge in [-0.2, -0.15) is 5.10 Å². The van der Waals surface area contributed by atoms with Crippen LogP contribution in [0.1, 0.15) is 49.1 Å². The maximum atomic E-state index is 12.9. The highest BCUT2D eigenvalue weighted by molar-refractivity contribution is 5.76. The summed E-state index contributed by atoms with van der Waals surface area (Å²) in [6.07, 6.45) is 6.86. The second-order valence-corrected chi connectivity index (χ2v) is 8.57. The summed E-state index contributed by atoms with van der Waals surface area (Å²) in [7, 11) is 1.98. The molecule has 1 aliphatic carbocycles. The minimum absolute atomic E-state index is 0.341. The predicted molar refractivity (Wildman–Crippen MR) is 98.4 cm³/mol. The molecule has 4 fully saturated rings. The van der Waals surface area contributed by atoms with Crippen LogP contribution in [0.2, 0.25) is 0 Å². The second-order valence-electron chi connectivity index (χ2n) is 8.57. The van der Waals surface area contributed by atoms with Gasteiger partial charge in [-0.05, 0) is 63.4 Å². The van der Waals surface area contributed by atoms with Crippen LogP contribution in [0.25, 0.3) is 0 Å². The maximum absolute atomic E-state index is 12.9. The number of aryl methyl sites for hydroxylation is 2. The number of carbonyl (C=O) groups excluding carboxylic acids is 1. The quantitative estimate of drug-likeness (QED) is 0.823. The Morgan fingerprint density at radius 2 is 1.92 bits per heavy atom. The fraction of sp³-hybridized carbons (Fsp3) is 0.800. The Morgan fingerprint density at radius 1 is 1.12 bits per heavy atom. The largest absolute Gasteiger partial charge is 0.341 e. The third kappa shape index (κ3) is 3.62. The van der Waals surface area contributed by atoms with Gasteiger partial charge in [0.05, 0.1) is 5.69 Å². The molecule has 0 unspecified atom stereocenters. The third-order valence-corrected chi connectivity index (χ3v) is 6.62. The summed E-state index contributed by atoms with van der Waals surface area (Å²) in [6.45, 7) is 8.56. The molecule has 138 valence electrons. The standard InChI is InChI=1S/C20H32N4O/c1-14-19(15(2)22(3)21-14)8-9-20(25)24-12-17-6-7-18(13-24)23(11-17)10-16-4-5-16/h16-18H,4-13H2,1-3H3/t17-,18-/m0/s1. The number of fused-ring (bicyclic) bond motifs is 4. The molecule has 25 heavy (non-hydrogen) atoms. The molecule has 1 amide bonds. The average Bonchev–Trinajstić information content (AvgIpc) is 3.38. The Bertz CT molecular complexity index is 648. The first kappa shape index (κ1) is 17.1. The van der Waals surface area contributed by atoms with Crippen molar-refractivity contribution in [2.24, 2.45) is 18.9 Å². The lowest BCUT2D eigenvalue weighted by molar-refractivity contribution is -0.131. The van der Waals surface area contributed by atoms with Gasteiger partial charge < -0.3 is 4.90 Å². The number of hydrogen-bond acceptors (Lipinski definition) is 3. The zero-order valence-electron chi connectivity index (χ0n) is 16.0. The van der Waals surface area contributed by atoms with Gasteiger partial charge in [-0.15, -0.1) is 0 Å². The van der Waals surface area contributed by atoms with Crippen LogP contribution in [0.3, 0.4) is 0 Å². The molecule has 0 N–H and O–H groups in total. The molecule has 1 aromatic rings. The molecule has 0 aromatic carbocycles. The summed E-state index contributed by atoms with van der Waals surface area (Å²) >= 11 is 0. The zero-order valence-corrected chi connectivity index (χ0v) is 16.0. The van der Waals surface area contributed by atoms with E-state index >= 15 is 0 Å². The van der Waals surface area contributed by atoms with Gasteiger partial charge in [-0.1, -0.05) is 0 Å². The van der Waals surface area contributed by atoms with Crippen LogP contribution in [-0.2, 0) is 18.3 Å². The average molecular weight is 345 g/mol. The molecule has 0 radical (unpaired) electrons. The van der Waals surface area contributed by atoms with Gasteiger partial charge in [0.25, 0.3) is 0 Å². The fourth-order valence-electron chi connectivity index (χ4n) is 4.81. The summed E-state index contributed by atoms with van der Waals surface area (Å²) in [6, 6.07) is 0.602. The lowest BCUT2D eigenvalue weighted by atomic mass is 9.95. The summed E-state index contributed by atoms with van der Waals surface area (Å²) in [5, 5.41) is 4.48. The van der Waals surface area contributed by atoms with Crippen LogP contribution in [0.4, 0.5) is 0 Å². The molecule has 3 aliphatic heterocycles. The zero-order chi connectivity index (χ0) is 17.6. The highest BCUT2D eigenvalue weighted by atomic mass is 16.2. The molecule has 0 spiro atoms. The van der Waals surface area contributed by atoms with Gasteiger partial charge in [0, 0.05) is 51.4 Å². The number of aromatic nitrogens is 2. The molecule has 3 saturated heterocycles. The number of rotatable bonds is 5. The van der Waals surface area contributed by atoms with Crippen molar-refractivity contribution in [3.63, 3.8) is 0 Å². The van der Waals surface area contributed by atoms with Crippen LogP contribution in [0.5, 0.6) is 0 Å². The lowest BCUT2D eigenvalue weighted by Crippen LogP contribution is -2.45. The molecule has 1 saturated carbocycles. The molecule has 5 nitrogen and oxygen atoms in total. The number of amides is 1. The van der Waals surface area contributed by atoms with Gasteiger partial charge >= 0.3 is 0 Å². The summed E-state index contributed by atoms with van der Waals surface area (Å²) in [5.74, 6) is 1.97. The third-order valence-electron chi connectivity index (χ3n) is 6.62. The molecule has 1 aromatic heterocycles. The Hall–Kier alpha value is -1.36. The first-order valence-corrected chi connectivity index (χ1v) is 10.0. The molecule has 5 heteroatoms. The van der Waals surface area contributed by atoms with Gasteiger partial charge in [0.1, 0.15) is 0 Å². The summed E-state index contributed by atoms with van der Waals surface area (Å²) < 4.78 is 1.93. The van der Waals surface area contributed by atoms with Crippen LogP contribution >= 0.6 is 0 Å². The van der Waals surface area contributed by atoms with E-state index in [0.29, 0.717) is 24.3 Å². The van der Waals surface area contributed by atoms with Crippen LogP contribution < -0.4 is 0 Å². The van der Waals surface area contributed by atoms with Gasteiger partial charge in [-0.25, -0.2) is 0 Å². The van der Waals surface area contributed by atoms with Gasteiger partial charge in [-0.3, -0.25) is 14.4 Å². The number of hydrogen-bond donors (Lipinski definition) is 0. The molecule has 4 aliphatic rings. The van der Waals surface area contributed by atoms with E-state index in [9.17, 15) is 4.79 Å². The van der Waals surface area contributed by atoms with E-state index in [1.807, 2.05) is 11.7 Å². The van der Waals surface area contributed by atoms with Crippen molar-refractivity contribution < 1.29 is 4.79 Å². The Labute approximate surface area is 151 Å². The minimum Gasteiger partial charge on any atom is -0.341 e. The van der Waals surface area contributed by atoms with E-state index < -0.39 is 0 Å². The van der Waals surface area contributed by atoms with Gasteiger partial charge in [0.2, 0.25) is 5.91 Å². The normalized spacial score (nSPS) is 26.9. The van der Waals surface area contributed by atoms with Crippen molar-refractivity contribution >= 4 is 5.91 Å². The summed E-state index contributed by atoms with van der Waals surface area (Å²) in [5.41, 5.74) is 3.51. The van der Waals surface area contributed by atoms with Crippen LogP contribution in [-0.4, -0.2) is 57.7 Å². The maximum Gasteiger partial charge on any atom is 0.222 e. The summed E-state index contributed by atoms with van der Waals surface area (Å²) in [4.78, 5) is 17.8. The van der Waals surface area contributed by atoms with E-state index in [2.05, 4.69) is 28.7 Å². The first-order valence-electron chi connectivity index (χ1n) is 10.0. The molecule has 5 rings (SSSR count). The monoisotopic (exact) mass is 344 g/mol. The highest BCUT2D eigenvalue weighted by Gasteiger charge is 2.38. The second kappa shape index (κ2) is 6.75. The minimum atomic E-state index is 0.341. The molecular formula is C20H32N4O. The van der Waals surface area contributed by atoms with E-state index in [-0.39, 0.29) is 0 Å². The number of piperidine rings is 1. The molecule has 4 heterocycles. The molecular weight excluding hydrogens is 312 g/mol. The van der Waals surface area contributed by atoms with Gasteiger partial charge in [0.15, 0.2) is 0 Å². The SMILES string of the molecule is Cc1nn(C)c(C)c1CCC(=O)N1C[C@H]2CC[C@@H](C1)N(CC1CC1)C2. The van der Waals surface area contributed by atoms with Crippen LogP contribution in [0.15, 0.2) is 0 Å². The Kier molecular flexibility index (Phi) is 4.61. The molecule has 2 bridgehead atoms. The van der Waals surface area contributed by atoms with Crippen molar-refractivity contribution in [3.8, 4) is 0 Å². The van der Waals surface area contributed by atoms with Crippen molar-refractivity contribution in [2.45, 2.75) is 58.4 Å². The Morgan fingerprint density at radius 3 is 2.60 bits per heavy atom. The van der Waals surface area contributed by atoms with Crippen molar-refractivity contribution in [2.75, 3.05) is 26.2 Å². The highest BCUT2D eigenvalue weighted by Crippen LogP contribution is 2.35. The first-order chi connectivity index (χ1) is 12.0. The molecule has 2 atom stereocenters. The van der Waals surface area contributed by atoms with Crippen molar-refractivity contribution in [1.82, 2.24) is 19.6 Å². The van der Waals surface area contributed by atoms with E-state index in [4.69, 9.17) is 0 Å². The smallest absolute Gasteiger partial charge is 0.222 e. The van der Waals surface area contributed by atoms with E-state index in [1.165, 1.54) is 50.0 Å². The number of nitrogens with zero attached hydrogens (tertiary/aromatic N) is 4. The van der Waals surface area contributed by atoms with Crippen molar-refractivity contribution in [1.29, 1.82) is 0 Å².